The zero-order chi connectivity index (χ0) is 17.8. The molecular formula is C18H18N4O3. The van der Waals surface area contributed by atoms with Gasteiger partial charge < -0.3 is 10.1 Å². The molecule has 0 bridgehead atoms. The van der Waals surface area contributed by atoms with Gasteiger partial charge in [0.2, 0.25) is 0 Å². The Balaban J connectivity index is 1.65. The average molecular weight is 338 g/mol. The van der Waals surface area contributed by atoms with Crippen LogP contribution in [0.2, 0.25) is 0 Å². The third kappa shape index (κ3) is 3.65. The van der Waals surface area contributed by atoms with Gasteiger partial charge in [-0.25, -0.2) is 14.3 Å². The molecule has 1 N–H and O–H groups in total. The number of ether oxygens (including phenoxy) is 1. The minimum Gasteiger partial charge on any atom is -0.452 e. The highest BCUT2D eigenvalue weighted by atomic mass is 16.5. The molecule has 0 aliphatic heterocycles. The first-order valence-corrected chi connectivity index (χ1v) is 7.94. The number of nitrogens with one attached hydrogen (secondary N) is 1. The van der Waals surface area contributed by atoms with Crippen molar-refractivity contribution in [1.82, 2.24) is 14.6 Å². The van der Waals surface area contributed by atoms with Crippen molar-refractivity contribution in [2.45, 2.75) is 20.3 Å². The van der Waals surface area contributed by atoms with Crippen molar-refractivity contribution in [2.24, 2.45) is 0 Å². The summed E-state index contributed by atoms with van der Waals surface area (Å²) in [5, 5.41) is 6.92. The Labute approximate surface area is 144 Å². The fourth-order valence-electron chi connectivity index (χ4n) is 2.50. The Kier molecular flexibility index (Phi) is 4.74. The molecule has 1 aromatic carbocycles. The minimum absolute atomic E-state index is 0.265. The Bertz CT molecular complexity index is 933. The first-order chi connectivity index (χ1) is 12.1. The van der Waals surface area contributed by atoms with E-state index in [1.54, 1.807) is 31.5 Å². The molecule has 25 heavy (non-hydrogen) atoms. The SMILES string of the molecule is CCc1cccc(NC(=O)COC(=O)c2c(C)nn3cccnc23)c1. The number of amides is 1. The number of hydrogen-bond donors (Lipinski definition) is 1. The maximum Gasteiger partial charge on any atom is 0.344 e. The van der Waals surface area contributed by atoms with Crippen molar-refractivity contribution < 1.29 is 14.3 Å². The lowest BCUT2D eigenvalue weighted by Gasteiger charge is -2.07. The Morgan fingerprint density at radius 1 is 1.28 bits per heavy atom. The number of benzene rings is 1. The number of carbonyl (C=O) groups is 2. The van der Waals surface area contributed by atoms with Gasteiger partial charge in [0.15, 0.2) is 12.3 Å². The molecule has 0 atom stereocenters. The first kappa shape index (κ1) is 16.6. The fourth-order valence-corrected chi connectivity index (χ4v) is 2.50. The predicted molar refractivity (Wildman–Crippen MR) is 92.5 cm³/mol. The van der Waals surface area contributed by atoms with Crippen LogP contribution in [-0.2, 0) is 16.0 Å². The first-order valence-electron chi connectivity index (χ1n) is 7.94. The van der Waals surface area contributed by atoms with Crippen molar-refractivity contribution in [1.29, 1.82) is 0 Å². The van der Waals surface area contributed by atoms with Gasteiger partial charge >= 0.3 is 5.97 Å². The number of aryl methyl sites for hydroxylation is 2. The molecule has 0 saturated carbocycles. The van der Waals surface area contributed by atoms with E-state index in [4.69, 9.17) is 4.74 Å². The highest BCUT2D eigenvalue weighted by Crippen LogP contribution is 2.14. The summed E-state index contributed by atoms with van der Waals surface area (Å²) in [5.41, 5.74) is 2.96. The van der Waals surface area contributed by atoms with Crippen LogP contribution in [0.3, 0.4) is 0 Å². The molecule has 0 unspecified atom stereocenters. The largest absolute Gasteiger partial charge is 0.452 e. The monoisotopic (exact) mass is 338 g/mol. The van der Waals surface area contributed by atoms with Crippen molar-refractivity contribution in [3.63, 3.8) is 0 Å². The van der Waals surface area contributed by atoms with Gasteiger partial charge in [-0.1, -0.05) is 19.1 Å². The molecule has 2 aromatic heterocycles. The van der Waals surface area contributed by atoms with Gasteiger partial charge in [0.05, 0.1) is 5.69 Å². The zero-order valence-corrected chi connectivity index (χ0v) is 14.0. The second-order valence-electron chi connectivity index (χ2n) is 5.53. The molecule has 7 nitrogen and oxygen atoms in total. The van der Waals surface area contributed by atoms with Crippen LogP contribution in [0.5, 0.6) is 0 Å². The number of fused-ring (bicyclic) bond motifs is 1. The summed E-state index contributed by atoms with van der Waals surface area (Å²) in [7, 11) is 0. The van der Waals surface area contributed by atoms with E-state index in [0.29, 0.717) is 17.0 Å². The van der Waals surface area contributed by atoms with Gasteiger partial charge in [-0.15, -0.1) is 0 Å². The van der Waals surface area contributed by atoms with Gasteiger partial charge in [0.25, 0.3) is 5.91 Å². The van der Waals surface area contributed by atoms with E-state index in [-0.39, 0.29) is 12.2 Å². The molecule has 7 heteroatoms. The molecule has 2 heterocycles. The second kappa shape index (κ2) is 7.12. The molecule has 3 rings (SSSR count). The molecule has 3 aromatic rings. The lowest BCUT2D eigenvalue weighted by molar-refractivity contribution is -0.119. The molecule has 0 fully saturated rings. The van der Waals surface area contributed by atoms with E-state index in [1.807, 2.05) is 25.1 Å². The third-order valence-corrected chi connectivity index (χ3v) is 3.73. The van der Waals surface area contributed by atoms with Crippen LogP contribution in [-0.4, -0.2) is 33.1 Å². The quantitative estimate of drug-likeness (QED) is 0.722. The molecule has 0 saturated heterocycles. The Morgan fingerprint density at radius 2 is 2.12 bits per heavy atom. The highest BCUT2D eigenvalue weighted by Gasteiger charge is 2.20. The maximum atomic E-state index is 12.3. The van der Waals surface area contributed by atoms with Crippen LogP contribution in [0.15, 0.2) is 42.7 Å². The molecule has 0 aliphatic rings. The molecule has 128 valence electrons. The van der Waals surface area contributed by atoms with Crippen LogP contribution in [0, 0.1) is 6.92 Å². The molecule has 1 amide bonds. The van der Waals surface area contributed by atoms with E-state index in [2.05, 4.69) is 15.4 Å². The second-order valence-corrected chi connectivity index (χ2v) is 5.53. The average Bonchev–Trinajstić information content (AvgIpc) is 2.95. The van der Waals surface area contributed by atoms with E-state index < -0.39 is 11.9 Å². The summed E-state index contributed by atoms with van der Waals surface area (Å²) in [4.78, 5) is 28.4. The molecule has 0 spiro atoms. The van der Waals surface area contributed by atoms with Crippen LogP contribution in [0.25, 0.3) is 5.65 Å². The van der Waals surface area contributed by atoms with E-state index >= 15 is 0 Å². The number of anilines is 1. The minimum atomic E-state index is -0.622. The number of hydrogen-bond acceptors (Lipinski definition) is 5. The van der Waals surface area contributed by atoms with Gasteiger partial charge in [-0.05, 0) is 37.1 Å². The van der Waals surface area contributed by atoms with Gasteiger partial charge in [-0.3, -0.25) is 4.79 Å². The zero-order valence-electron chi connectivity index (χ0n) is 14.0. The normalized spacial score (nSPS) is 10.6. The van der Waals surface area contributed by atoms with E-state index in [1.165, 1.54) is 4.52 Å². The third-order valence-electron chi connectivity index (χ3n) is 3.73. The lowest BCUT2D eigenvalue weighted by Crippen LogP contribution is -2.21. The van der Waals surface area contributed by atoms with Crippen molar-refractivity contribution in [2.75, 3.05) is 11.9 Å². The standard InChI is InChI=1S/C18H18N4O3/c1-3-13-6-4-7-14(10-13)20-15(23)11-25-18(24)16-12(2)21-22-9-5-8-19-17(16)22/h4-10H,3,11H2,1-2H3,(H,20,23). The lowest BCUT2D eigenvalue weighted by atomic mass is 10.1. The smallest absolute Gasteiger partial charge is 0.344 e. The van der Waals surface area contributed by atoms with E-state index in [9.17, 15) is 9.59 Å². The Morgan fingerprint density at radius 3 is 2.92 bits per heavy atom. The van der Waals surface area contributed by atoms with Crippen LogP contribution in [0.1, 0.15) is 28.5 Å². The van der Waals surface area contributed by atoms with Gasteiger partial charge in [0, 0.05) is 18.1 Å². The van der Waals surface area contributed by atoms with Crippen LogP contribution < -0.4 is 5.32 Å². The van der Waals surface area contributed by atoms with Crippen molar-refractivity contribution in [3.8, 4) is 0 Å². The summed E-state index contributed by atoms with van der Waals surface area (Å²) in [6.07, 6.45) is 4.14. The van der Waals surface area contributed by atoms with Crippen LogP contribution in [0.4, 0.5) is 5.69 Å². The van der Waals surface area contributed by atoms with Crippen molar-refractivity contribution >= 4 is 23.2 Å². The highest BCUT2D eigenvalue weighted by molar-refractivity contribution is 5.99. The Hall–Kier alpha value is -3.22. The molecule has 0 radical (unpaired) electrons. The van der Waals surface area contributed by atoms with Crippen molar-refractivity contribution in [3.05, 3.63) is 59.5 Å². The number of rotatable bonds is 5. The summed E-state index contributed by atoms with van der Waals surface area (Å²) < 4.78 is 6.62. The summed E-state index contributed by atoms with van der Waals surface area (Å²) >= 11 is 0. The summed E-state index contributed by atoms with van der Waals surface area (Å²) in [6, 6.07) is 9.24. The maximum absolute atomic E-state index is 12.3. The van der Waals surface area contributed by atoms with Gasteiger partial charge in [0.1, 0.15) is 5.56 Å². The summed E-state index contributed by atoms with van der Waals surface area (Å²) in [6.45, 7) is 3.36. The summed E-state index contributed by atoms with van der Waals surface area (Å²) in [5.74, 6) is -1.02. The number of nitrogens with zero attached hydrogens (tertiary/aromatic N) is 3. The number of esters is 1. The molecular weight excluding hydrogens is 320 g/mol. The van der Waals surface area contributed by atoms with E-state index in [0.717, 1.165) is 12.0 Å². The number of aromatic nitrogens is 3. The van der Waals surface area contributed by atoms with Gasteiger partial charge in [-0.2, -0.15) is 5.10 Å². The number of carbonyl (C=O) groups excluding carboxylic acids is 2. The fraction of sp³-hybridized carbons (Fsp3) is 0.222. The molecule has 0 aliphatic carbocycles. The topological polar surface area (TPSA) is 85.6 Å². The van der Waals surface area contributed by atoms with Crippen LogP contribution >= 0.6 is 0 Å². The predicted octanol–water partition coefficient (Wildman–Crippen LogP) is 2.40.